The van der Waals surface area contributed by atoms with Crippen molar-refractivity contribution in [3.8, 4) is 5.75 Å². The highest BCUT2D eigenvalue weighted by atomic mass is 32.2. The number of ether oxygens (including phenoxy) is 1. The molecule has 2 aromatic rings. The average molecular weight is 469 g/mol. The number of rotatable bonds is 6. The maximum Gasteiger partial charge on any atom is 0.264 e. The molecule has 3 aliphatic rings. The van der Waals surface area contributed by atoms with E-state index in [0.29, 0.717) is 24.4 Å². The van der Waals surface area contributed by atoms with Crippen LogP contribution in [0.4, 0.5) is 0 Å². The van der Waals surface area contributed by atoms with Crippen LogP contribution >= 0.6 is 0 Å². The molecule has 0 aromatic heterocycles. The zero-order valence-corrected chi connectivity index (χ0v) is 20.9. The topological polar surface area (TPSA) is 52.6 Å². The summed E-state index contributed by atoms with van der Waals surface area (Å²) >= 11 is 0. The Morgan fingerprint density at radius 2 is 1.85 bits per heavy atom. The van der Waals surface area contributed by atoms with Crippen LogP contribution in [0.15, 0.2) is 42.5 Å². The Morgan fingerprint density at radius 1 is 1.06 bits per heavy atom. The third-order valence-electron chi connectivity index (χ3n) is 8.73. The zero-order chi connectivity index (χ0) is 23.2. The average Bonchev–Trinajstić information content (AvgIpc) is 3.12. The highest BCUT2D eigenvalue weighted by molar-refractivity contribution is 7.86. The number of hydrogen-bond donors (Lipinski definition) is 0. The Hall–Kier alpha value is -1.85. The van der Waals surface area contributed by atoms with Gasteiger partial charge in [-0.25, -0.2) is 0 Å². The number of aryl methyl sites for hydroxylation is 2. The predicted molar refractivity (Wildman–Crippen MR) is 131 cm³/mol. The van der Waals surface area contributed by atoms with Crippen LogP contribution in [0, 0.1) is 17.3 Å². The van der Waals surface area contributed by atoms with Gasteiger partial charge in [-0.15, -0.1) is 0 Å². The molecule has 0 amide bonds. The largest absolute Gasteiger partial charge is 0.489 e. The van der Waals surface area contributed by atoms with E-state index in [1.807, 2.05) is 6.07 Å². The smallest absolute Gasteiger partial charge is 0.264 e. The predicted octanol–water partition coefficient (Wildman–Crippen LogP) is 6.03. The molecule has 5 atom stereocenters. The lowest BCUT2D eigenvalue weighted by Crippen LogP contribution is -2.45. The van der Waals surface area contributed by atoms with E-state index < -0.39 is 10.1 Å². The molecule has 0 aliphatic heterocycles. The van der Waals surface area contributed by atoms with Crippen LogP contribution in [0.5, 0.6) is 5.75 Å². The fourth-order valence-electron chi connectivity index (χ4n) is 7.11. The Bertz CT molecular complexity index is 1110. The Morgan fingerprint density at radius 3 is 2.58 bits per heavy atom. The second-order valence-corrected chi connectivity index (χ2v) is 12.2. The van der Waals surface area contributed by atoms with Crippen LogP contribution in [0.2, 0.25) is 0 Å². The van der Waals surface area contributed by atoms with E-state index in [1.165, 1.54) is 34.9 Å². The SMILES string of the molecule is CCc1cc2c(cc1OCc1ccccc1)CCC1C2CC[C@@]2(C)C1CC[C@@H]2OS(C)(=O)=O. The van der Waals surface area contributed by atoms with Crippen molar-refractivity contribution in [3.05, 3.63) is 64.7 Å². The third kappa shape index (κ3) is 4.35. The molecule has 2 fully saturated rings. The molecule has 0 saturated heterocycles. The molecule has 2 saturated carbocycles. The van der Waals surface area contributed by atoms with Gasteiger partial charge in [-0.05, 0) is 96.4 Å². The van der Waals surface area contributed by atoms with Crippen LogP contribution in [0.1, 0.15) is 74.1 Å². The van der Waals surface area contributed by atoms with E-state index in [-0.39, 0.29) is 11.5 Å². The third-order valence-corrected chi connectivity index (χ3v) is 9.31. The molecule has 4 nitrogen and oxygen atoms in total. The first-order chi connectivity index (χ1) is 15.8. The maximum absolute atomic E-state index is 11.9. The molecule has 5 rings (SSSR count). The van der Waals surface area contributed by atoms with Gasteiger partial charge in [-0.2, -0.15) is 8.42 Å². The van der Waals surface area contributed by atoms with Crippen molar-refractivity contribution >= 4 is 10.1 Å². The van der Waals surface area contributed by atoms with Gasteiger partial charge in [-0.1, -0.05) is 50.2 Å². The Balaban J connectivity index is 1.38. The molecule has 2 aromatic carbocycles. The summed E-state index contributed by atoms with van der Waals surface area (Å²) in [5, 5.41) is 0. The molecular formula is C28H36O4S. The lowest BCUT2D eigenvalue weighted by Gasteiger charge is -2.50. The van der Waals surface area contributed by atoms with Crippen molar-refractivity contribution < 1.29 is 17.3 Å². The summed E-state index contributed by atoms with van der Waals surface area (Å²) in [5.74, 6) is 2.75. The molecule has 0 bridgehead atoms. The summed E-state index contributed by atoms with van der Waals surface area (Å²) in [6, 6.07) is 15.1. The fraction of sp³-hybridized carbons (Fsp3) is 0.571. The maximum atomic E-state index is 11.9. The van der Waals surface area contributed by atoms with Crippen LogP contribution in [-0.4, -0.2) is 20.8 Å². The first kappa shape index (κ1) is 22.9. The van der Waals surface area contributed by atoms with E-state index in [0.717, 1.165) is 44.3 Å². The molecule has 3 aliphatic carbocycles. The standard InChI is InChI=1S/C28H36O4S/c1-4-20-16-24-21(17-26(20)31-18-19-8-6-5-7-9-19)10-11-23-22(24)14-15-28(2)25(23)12-13-27(28)32-33(3,29)30/h5-9,16-17,22-23,25,27H,4,10-15,18H2,1-3H3/t22?,23?,25?,27-,28-/m0/s1. The van der Waals surface area contributed by atoms with Gasteiger partial charge in [0.25, 0.3) is 10.1 Å². The molecule has 0 heterocycles. The van der Waals surface area contributed by atoms with E-state index in [4.69, 9.17) is 8.92 Å². The van der Waals surface area contributed by atoms with E-state index in [1.54, 1.807) is 0 Å². The summed E-state index contributed by atoms with van der Waals surface area (Å²) < 4.78 is 35.6. The van der Waals surface area contributed by atoms with E-state index in [2.05, 4.69) is 50.2 Å². The van der Waals surface area contributed by atoms with Crippen molar-refractivity contribution in [2.45, 2.75) is 77.4 Å². The number of benzene rings is 2. The summed E-state index contributed by atoms with van der Waals surface area (Å²) in [6.45, 7) is 5.09. The number of hydrogen-bond acceptors (Lipinski definition) is 4. The van der Waals surface area contributed by atoms with Crippen molar-refractivity contribution in [2.75, 3.05) is 6.26 Å². The van der Waals surface area contributed by atoms with Crippen LogP contribution in [0.3, 0.4) is 0 Å². The number of fused-ring (bicyclic) bond motifs is 5. The van der Waals surface area contributed by atoms with Gasteiger partial charge in [0, 0.05) is 0 Å². The highest BCUT2D eigenvalue weighted by Crippen LogP contribution is 2.62. The van der Waals surface area contributed by atoms with Gasteiger partial charge < -0.3 is 4.74 Å². The van der Waals surface area contributed by atoms with E-state index >= 15 is 0 Å². The molecular weight excluding hydrogens is 432 g/mol. The Kier molecular flexibility index (Phi) is 6.07. The molecule has 178 valence electrons. The van der Waals surface area contributed by atoms with Gasteiger partial charge in [0.05, 0.1) is 12.4 Å². The molecule has 0 spiro atoms. The summed E-state index contributed by atoms with van der Waals surface area (Å²) in [5.41, 5.74) is 5.42. The van der Waals surface area contributed by atoms with Crippen molar-refractivity contribution in [1.82, 2.24) is 0 Å². The Labute approximate surface area is 198 Å². The van der Waals surface area contributed by atoms with Gasteiger partial charge in [0.1, 0.15) is 12.4 Å². The quantitative estimate of drug-likeness (QED) is 0.486. The zero-order valence-electron chi connectivity index (χ0n) is 20.0. The van der Waals surface area contributed by atoms with Gasteiger partial charge in [0.15, 0.2) is 0 Å². The molecule has 0 N–H and O–H groups in total. The van der Waals surface area contributed by atoms with Crippen LogP contribution in [0.25, 0.3) is 0 Å². The minimum atomic E-state index is -3.43. The van der Waals surface area contributed by atoms with Gasteiger partial charge in [-0.3, -0.25) is 4.18 Å². The normalized spacial score (nSPS) is 30.9. The van der Waals surface area contributed by atoms with Crippen molar-refractivity contribution in [1.29, 1.82) is 0 Å². The van der Waals surface area contributed by atoms with Crippen LogP contribution < -0.4 is 4.74 Å². The minimum absolute atomic E-state index is 0.0337. The highest BCUT2D eigenvalue weighted by Gasteiger charge is 2.56. The van der Waals surface area contributed by atoms with Gasteiger partial charge in [0.2, 0.25) is 0 Å². The second kappa shape index (κ2) is 8.74. The summed E-state index contributed by atoms with van der Waals surface area (Å²) in [4.78, 5) is 0. The molecule has 5 heteroatoms. The molecule has 0 radical (unpaired) electrons. The second-order valence-electron chi connectivity index (χ2n) is 10.6. The van der Waals surface area contributed by atoms with Gasteiger partial charge >= 0.3 is 0 Å². The molecule has 3 unspecified atom stereocenters. The van der Waals surface area contributed by atoms with Crippen molar-refractivity contribution in [3.63, 3.8) is 0 Å². The fourth-order valence-corrected chi connectivity index (χ4v) is 7.85. The lowest BCUT2D eigenvalue weighted by atomic mass is 9.55. The summed E-state index contributed by atoms with van der Waals surface area (Å²) in [7, 11) is -3.43. The lowest BCUT2D eigenvalue weighted by molar-refractivity contribution is -0.00769. The van der Waals surface area contributed by atoms with E-state index in [9.17, 15) is 8.42 Å². The molecule has 33 heavy (non-hydrogen) atoms. The first-order valence-corrected chi connectivity index (χ1v) is 14.3. The minimum Gasteiger partial charge on any atom is -0.489 e. The summed E-state index contributed by atoms with van der Waals surface area (Å²) in [6.07, 6.45) is 8.31. The first-order valence-electron chi connectivity index (χ1n) is 12.5. The van der Waals surface area contributed by atoms with Crippen molar-refractivity contribution in [2.24, 2.45) is 17.3 Å². The monoisotopic (exact) mass is 468 g/mol. The van der Waals surface area contributed by atoms with Crippen LogP contribution in [-0.2, 0) is 33.7 Å².